The molecule has 4 aliphatic heterocycles. The molecule has 4 rings (SSSR count). The normalized spacial score (nSPS) is 34.7. The molecule has 4 fully saturated rings. The predicted octanol–water partition coefficient (Wildman–Crippen LogP) is 2.40. The Balaban J connectivity index is 0.00000353. The van der Waals surface area contributed by atoms with Crippen LogP contribution in [0, 0.1) is 11.8 Å². The van der Waals surface area contributed by atoms with Gasteiger partial charge in [-0.05, 0) is 24.7 Å². The third-order valence-corrected chi connectivity index (χ3v) is 13.3. The molecule has 0 aromatic heterocycles. The topological polar surface area (TPSA) is 155 Å². The second-order valence-corrected chi connectivity index (χ2v) is 16.3. The fourth-order valence-electron chi connectivity index (χ4n) is 7.76. The van der Waals surface area contributed by atoms with Gasteiger partial charge in [0.15, 0.2) is 0 Å². The molecule has 4 saturated heterocycles. The fraction of sp³-hybridized carbons (Fsp3) is 1.00. The maximum absolute atomic E-state index is 13.1. The summed E-state index contributed by atoms with van der Waals surface area (Å²) in [6, 6.07) is 0. The molecule has 8 unspecified atom stereocenters. The van der Waals surface area contributed by atoms with Crippen LogP contribution >= 0.6 is 0 Å². The van der Waals surface area contributed by atoms with Gasteiger partial charge in [0.05, 0.1) is 26.4 Å². The molecule has 2 N–H and O–H groups in total. The first-order valence-corrected chi connectivity index (χ1v) is 19.5. The van der Waals surface area contributed by atoms with Crippen molar-refractivity contribution in [3.63, 3.8) is 0 Å². The van der Waals surface area contributed by atoms with Crippen LogP contribution in [0.3, 0.4) is 0 Å². The molecule has 0 aliphatic carbocycles. The summed E-state index contributed by atoms with van der Waals surface area (Å²) in [6.07, 6.45) is 8.42. The molecule has 0 amide bonds. The molecule has 11 nitrogen and oxygen atoms in total. The van der Waals surface area contributed by atoms with E-state index in [1.54, 1.807) is 0 Å². The quantitative estimate of drug-likeness (QED) is 0.144. The summed E-state index contributed by atoms with van der Waals surface area (Å²) in [7, 11) is -9.21. The van der Waals surface area contributed by atoms with E-state index >= 15 is 0 Å². The van der Waals surface area contributed by atoms with Crippen molar-refractivity contribution < 1.29 is 80.6 Å². The van der Waals surface area contributed by atoms with Crippen LogP contribution in [-0.4, -0.2) is 85.6 Å². The summed E-state index contributed by atoms with van der Waals surface area (Å²) in [4.78, 5) is 0. The Kier molecular flexibility index (Phi) is 13.7. The number of hydrogen-bond acceptors (Lipinski definition) is 9. The van der Waals surface area contributed by atoms with E-state index in [9.17, 15) is 25.9 Å². The molecule has 0 aromatic carbocycles. The number of ether oxygens (including phenoxy) is 5. The largest absolute Gasteiger partial charge is 1.00 e. The van der Waals surface area contributed by atoms with Crippen LogP contribution in [0.2, 0.25) is 0 Å². The van der Waals surface area contributed by atoms with Crippen molar-refractivity contribution in [2.45, 2.75) is 151 Å². The summed E-state index contributed by atoms with van der Waals surface area (Å²) in [6.45, 7) is 9.27. The van der Waals surface area contributed by atoms with Gasteiger partial charge in [-0.1, -0.05) is 79.1 Å². The molecular formula is C30H55NaO11S2. The van der Waals surface area contributed by atoms with Crippen molar-refractivity contribution in [2.24, 2.45) is 11.8 Å². The van der Waals surface area contributed by atoms with Gasteiger partial charge in [0, 0.05) is 25.7 Å². The summed E-state index contributed by atoms with van der Waals surface area (Å²) >= 11 is 0. The van der Waals surface area contributed by atoms with E-state index in [4.69, 9.17) is 23.7 Å². The van der Waals surface area contributed by atoms with Gasteiger partial charge in [-0.15, -0.1) is 0 Å². The van der Waals surface area contributed by atoms with Gasteiger partial charge in [-0.25, -0.2) is 0 Å². The van der Waals surface area contributed by atoms with Gasteiger partial charge in [0.25, 0.3) is 20.2 Å². The summed E-state index contributed by atoms with van der Waals surface area (Å²) < 4.78 is 105. The SMILES string of the molecule is CCCCC(CC)CC(C1(C2(OC3(C4(C(CC(CC)CCCC)S(=O)(=O)O)CCO4)CCO3)CCO2)CCO1)S(=O)(=O)O.[H-].[Na+]. The number of rotatable bonds is 20. The van der Waals surface area contributed by atoms with Gasteiger partial charge in [0.2, 0.25) is 11.6 Å². The average Bonchev–Trinajstić information content (AvgIpc) is 2.84. The van der Waals surface area contributed by atoms with Gasteiger partial charge >= 0.3 is 29.6 Å². The first-order valence-electron chi connectivity index (χ1n) is 16.5. The zero-order valence-electron chi connectivity index (χ0n) is 28.4. The third kappa shape index (κ3) is 7.29. The van der Waals surface area contributed by atoms with Gasteiger partial charge < -0.3 is 25.1 Å². The van der Waals surface area contributed by atoms with E-state index in [2.05, 4.69) is 13.8 Å². The summed E-state index contributed by atoms with van der Waals surface area (Å²) in [5.74, 6) is -3.12. The second kappa shape index (κ2) is 15.4. The third-order valence-electron chi connectivity index (χ3n) is 10.8. The van der Waals surface area contributed by atoms with Crippen molar-refractivity contribution in [3.05, 3.63) is 0 Å². The zero-order valence-corrected chi connectivity index (χ0v) is 31.1. The van der Waals surface area contributed by atoms with E-state index in [1.165, 1.54) is 0 Å². The maximum atomic E-state index is 13.1. The molecule has 254 valence electrons. The van der Waals surface area contributed by atoms with Gasteiger partial charge in [0.1, 0.15) is 21.7 Å². The standard InChI is InChI=1S/C30H54O11S2.Na.H/c1-5-9-11-23(7-3)21-25(42(31,32)33)27(13-17-37-27)29(15-19-39-29)41-30(16-20-40-30)28(14-18-38-28)26(43(34,35)36)22-24(8-4)12-10-6-2;;/h23-26H,5-22H2,1-4H3,(H,31,32,33)(H,34,35,36);;/q;+1;-1. The van der Waals surface area contributed by atoms with Crippen LogP contribution < -0.4 is 29.6 Å². The minimum atomic E-state index is -4.61. The second-order valence-electron chi connectivity index (χ2n) is 13.1. The van der Waals surface area contributed by atoms with Crippen molar-refractivity contribution in [3.8, 4) is 0 Å². The zero-order chi connectivity index (χ0) is 31.6. The number of unbranched alkanes of at least 4 members (excludes halogenated alkanes) is 2. The van der Waals surface area contributed by atoms with Crippen molar-refractivity contribution >= 4 is 20.2 Å². The van der Waals surface area contributed by atoms with E-state index in [0.717, 1.165) is 51.4 Å². The van der Waals surface area contributed by atoms with Gasteiger partial charge in [-0.2, -0.15) is 16.8 Å². The predicted molar refractivity (Wildman–Crippen MR) is 162 cm³/mol. The van der Waals surface area contributed by atoms with E-state index < -0.39 is 53.5 Å². The Morgan fingerprint density at radius 3 is 1.16 bits per heavy atom. The first kappa shape index (κ1) is 39.1. The monoisotopic (exact) mass is 678 g/mol. The van der Waals surface area contributed by atoms with Crippen LogP contribution in [0.5, 0.6) is 0 Å². The Morgan fingerprint density at radius 1 is 0.659 bits per heavy atom. The average molecular weight is 679 g/mol. The summed E-state index contributed by atoms with van der Waals surface area (Å²) in [5.41, 5.74) is -3.01. The summed E-state index contributed by atoms with van der Waals surface area (Å²) in [5, 5.41) is -2.61. The molecule has 4 aliphatic rings. The molecule has 14 heteroatoms. The molecule has 0 bridgehead atoms. The molecular weight excluding hydrogens is 623 g/mol. The first-order chi connectivity index (χ1) is 20.3. The molecule has 0 spiro atoms. The Hall–Kier alpha value is 0.620. The molecule has 0 saturated carbocycles. The minimum absolute atomic E-state index is 0. The Bertz CT molecular complexity index is 1050. The van der Waals surface area contributed by atoms with E-state index in [-0.39, 0.29) is 108 Å². The minimum Gasteiger partial charge on any atom is -1.00 e. The van der Waals surface area contributed by atoms with Gasteiger partial charge in [-0.3, -0.25) is 9.11 Å². The van der Waals surface area contributed by atoms with Crippen molar-refractivity contribution in [1.29, 1.82) is 0 Å². The Labute approximate surface area is 288 Å². The van der Waals surface area contributed by atoms with E-state index in [1.807, 2.05) is 13.8 Å². The molecule has 0 aromatic rings. The van der Waals surface area contributed by atoms with E-state index in [0.29, 0.717) is 0 Å². The smallest absolute Gasteiger partial charge is 1.00 e. The number of hydrogen-bond donors (Lipinski definition) is 2. The van der Waals surface area contributed by atoms with Crippen molar-refractivity contribution in [2.75, 3.05) is 26.4 Å². The van der Waals surface area contributed by atoms with Crippen LogP contribution in [0.15, 0.2) is 0 Å². The van der Waals surface area contributed by atoms with Crippen LogP contribution in [0.1, 0.15) is 119 Å². The molecule has 8 atom stereocenters. The molecule has 0 radical (unpaired) electrons. The van der Waals surface area contributed by atoms with Crippen LogP contribution in [-0.2, 0) is 43.9 Å². The molecule has 4 heterocycles. The fourth-order valence-corrected chi connectivity index (χ4v) is 10.5. The van der Waals surface area contributed by atoms with Crippen molar-refractivity contribution in [1.82, 2.24) is 0 Å². The Morgan fingerprint density at radius 2 is 0.977 bits per heavy atom. The maximum Gasteiger partial charge on any atom is 1.00 e. The molecule has 44 heavy (non-hydrogen) atoms. The van der Waals surface area contributed by atoms with Crippen LogP contribution in [0.4, 0.5) is 0 Å². The van der Waals surface area contributed by atoms with Crippen LogP contribution in [0.25, 0.3) is 0 Å².